The number of nitrogens with one attached hydrogen (secondary N) is 1. The van der Waals surface area contributed by atoms with Gasteiger partial charge in [0.15, 0.2) is 0 Å². The van der Waals surface area contributed by atoms with Gasteiger partial charge in [-0.15, -0.1) is 0 Å². The van der Waals surface area contributed by atoms with E-state index in [-0.39, 0.29) is 25.1 Å². The van der Waals surface area contributed by atoms with Crippen molar-refractivity contribution in [3.8, 4) is 0 Å². The number of nitrogens with zero attached hydrogens (tertiary/aromatic N) is 1. The van der Waals surface area contributed by atoms with Crippen molar-refractivity contribution in [1.29, 1.82) is 0 Å². The van der Waals surface area contributed by atoms with E-state index in [1.807, 2.05) is 25.7 Å². The van der Waals surface area contributed by atoms with Gasteiger partial charge in [0, 0.05) is 12.6 Å². The summed E-state index contributed by atoms with van der Waals surface area (Å²) < 4.78 is 5.18. The molecule has 6 heteroatoms. The first-order chi connectivity index (χ1) is 8.78. The van der Waals surface area contributed by atoms with Crippen LogP contribution in [0.15, 0.2) is 0 Å². The number of likely N-dealkylation sites (tertiary alicyclic amines) is 1. The van der Waals surface area contributed by atoms with Gasteiger partial charge in [-0.25, -0.2) is 0 Å². The molecule has 0 saturated carbocycles. The minimum Gasteiger partial charge on any atom is -0.480 e. The molecule has 0 radical (unpaired) electrons. The van der Waals surface area contributed by atoms with Gasteiger partial charge >= 0.3 is 11.9 Å². The van der Waals surface area contributed by atoms with Gasteiger partial charge in [-0.1, -0.05) is 0 Å². The lowest BCUT2D eigenvalue weighted by atomic mass is 10.2. The molecule has 0 aromatic carbocycles. The van der Waals surface area contributed by atoms with Crippen LogP contribution < -0.4 is 5.32 Å². The van der Waals surface area contributed by atoms with Crippen LogP contribution in [0.2, 0.25) is 0 Å². The molecular weight excluding hydrogens is 248 g/mol. The maximum Gasteiger partial charge on any atom is 0.320 e. The summed E-state index contributed by atoms with van der Waals surface area (Å²) in [5.41, 5.74) is -0.471. The fourth-order valence-corrected chi connectivity index (χ4v) is 2.23. The number of hydrogen-bond acceptors (Lipinski definition) is 5. The first-order valence-corrected chi connectivity index (χ1v) is 6.66. The third-order valence-corrected chi connectivity index (χ3v) is 2.91. The van der Waals surface area contributed by atoms with E-state index >= 15 is 0 Å². The molecule has 0 aromatic heterocycles. The van der Waals surface area contributed by atoms with Gasteiger partial charge in [-0.2, -0.15) is 0 Å². The van der Waals surface area contributed by atoms with Gasteiger partial charge < -0.3 is 15.2 Å². The minimum atomic E-state index is -0.806. The van der Waals surface area contributed by atoms with Gasteiger partial charge in [0.05, 0.1) is 13.1 Å². The number of aliphatic carboxylic acids is 1. The molecule has 2 N–H and O–H groups in total. The van der Waals surface area contributed by atoms with Crippen LogP contribution in [0, 0.1) is 0 Å². The van der Waals surface area contributed by atoms with Gasteiger partial charge in [-0.05, 0) is 40.2 Å². The van der Waals surface area contributed by atoms with Crippen LogP contribution in [0.1, 0.15) is 33.6 Å². The standard InChI is InChI=1S/C13H24N2O4/c1-13(2,3)19-12(18)8-14-7-10-5-4-6-15(10)9-11(16)17/h10,14H,4-9H2,1-3H3,(H,16,17). The fourth-order valence-electron chi connectivity index (χ4n) is 2.23. The quantitative estimate of drug-likeness (QED) is 0.684. The van der Waals surface area contributed by atoms with E-state index in [1.165, 1.54) is 0 Å². The molecule has 1 unspecified atom stereocenters. The number of carbonyl (C=O) groups is 2. The second-order valence-electron chi connectivity index (χ2n) is 5.88. The Bertz CT molecular complexity index is 325. The Morgan fingerprint density at radius 1 is 1.42 bits per heavy atom. The largest absolute Gasteiger partial charge is 0.480 e. The van der Waals surface area contributed by atoms with E-state index in [1.54, 1.807) is 0 Å². The number of carboxylic acid groups (broad SMARTS) is 1. The van der Waals surface area contributed by atoms with Gasteiger partial charge in [-0.3, -0.25) is 14.5 Å². The van der Waals surface area contributed by atoms with E-state index in [2.05, 4.69) is 5.32 Å². The van der Waals surface area contributed by atoms with Gasteiger partial charge in [0.25, 0.3) is 0 Å². The maximum atomic E-state index is 11.5. The van der Waals surface area contributed by atoms with E-state index < -0.39 is 11.6 Å². The summed E-state index contributed by atoms with van der Waals surface area (Å²) in [6.07, 6.45) is 1.97. The van der Waals surface area contributed by atoms with Crippen molar-refractivity contribution in [3.05, 3.63) is 0 Å². The summed E-state index contributed by atoms with van der Waals surface area (Å²) >= 11 is 0. The molecule has 0 spiro atoms. The van der Waals surface area contributed by atoms with Crippen LogP contribution in [0.3, 0.4) is 0 Å². The number of ether oxygens (including phenoxy) is 1. The van der Waals surface area contributed by atoms with E-state index in [0.717, 1.165) is 19.4 Å². The lowest BCUT2D eigenvalue weighted by Gasteiger charge is -2.23. The monoisotopic (exact) mass is 272 g/mol. The Labute approximate surface area is 114 Å². The molecule has 1 aliphatic rings. The Balaban J connectivity index is 2.25. The summed E-state index contributed by atoms with van der Waals surface area (Å²) in [7, 11) is 0. The number of carbonyl (C=O) groups excluding carboxylic acids is 1. The molecule has 1 atom stereocenters. The molecule has 1 heterocycles. The second-order valence-corrected chi connectivity index (χ2v) is 5.88. The van der Waals surface area contributed by atoms with Crippen LogP contribution in [0.5, 0.6) is 0 Å². The SMILES string of the molecule is CC(C)(C)OC(=O)CNCC1CCCN1CC(=O)O. The Morgan fingerprint density at radius 2 is 2.11 bits per heavy atom. The molecule has 19 heavy (non-hydrogen) atoms. The van der Waals surface area contributed by atoms with Crippen molar-refractivity contribution in [2.45, 2.75) is 45.3 Å². The highest BCUT2D eigenvalue weighted by Gasteiger charge is 2.26. The molecule has 1 aliphatic heterocycles. The number of carboxylic acids is 1. The molecule has 0 bridgehead atoms. The predicted molar refractivity (Wildman–Crippen MR) is 70.9 cm³/mol. The van der Waals surface area contributed by atoms with Crippen molar-refractivity contribution >= 4 is 11.9 Å². The molecule has 0 aromatic rings. The molecular formula is C13H24N2O4. The van der Waals surface area contributed by atoms with Crippen molar-refractivity contribution in [2.24, 2.45) is 0 Å². The zero-order chi connectivity index (χ0) is 14.5. The van der Waals surface area contributed by atoms with Crippen molar-refractivity contribution < 1.29 is 19.4 Å². The minimum absolute atomic E-state index is 0.0682. The van der Waals surface area contributed by atoms with Crippen LogP contribution in [0.25, 0.3) is 0 Å². The molecule has 1 rings (SSSR count). The average molecular weight is 272 g/mol. The third kappa shape index (κ3) is 6.54. The molecule has 6 nitrogen and oxygen atoms in total. The highest BCUT2D eigenvalue weighted by molar-refractivity contribution is 5.72. The van der Waals surface area contributed by atoms with Gasteiger partial charge in [0.2, 0.25) is 0 Å². The highest BCUT2D eigenvalue weighted by atomic mass is 16.6. The fraction of sp³-hybridized carbons (Fsp3) is 0.846. The maximum absolute atomic E-state index is 11.5. The van der Waals surface area contributed by atoms with E-state index in [9.17, 15) is 9.59 Å². The lowest BCUT2D eigenvalue weighted by Crippen LogP contribution is -2.42. The molecule has 1 saturated heterocycles. The zero-order valence-electron chi connectivity index (χ0n) is 11.9. The second kappa shape index (κ2) is 6.86. The summed E-state index contributed by atoms with van der Waals surface area (Å²) in [5, 5.41) is 11.8. The highest BCUT2D eigenvalue weighted by Crippen LogP contribution is 2.15. The van der Waals surface area contributed by atoms with Crippen molar-refractivity contribution in [2.75, 3.05) is 26.2 Å². The summed E-state index contributed by atoms with van der Waals surface area (Å²) in [5.74, 6) is -1.09. The summed E-state index contributed by atoms with van der Waals surface area (Å²) in [6.45, 7) is 7.15. The van der Waals surface area contributed by atoms with E-state index in [0.29, 0.717) is 6.54 Å². The van der Waals surface area contributed by atoms with Crippen LogP contribution in [-0.4, -0.2) is 59.8 Å². The topological polar surface area (TPSA) is 78.9 Å². The molecule has 110 valence electrons. The molecule has 1 fully saturated rings. The van der Waals surface area contributed by atoms with Gasteiger partial charge in [0.1, 0.15) is 5.60 Å². The molecule has 0 aliphatic carbocycles. The zero-order valence-corrected chi connectivity index (χ0v) is 11.9. The Kier molecular flexibility index (Phi) is 5.75. The number of hydrogen-bond donors (Lipinski definition) is 2. The van der Waals surface area contributed by atoms with Crippen LogP contribution in [-0.2, 0) is 14.3 Å². The Hall–Kier alpha value is -1.14. The lowest BCUT2D eigenvalue weighted by molar-refractivity contribution is -0.153. The van der Waals surface area contributed by atoms with Crippen LogP contribution >= 0.6 is 0 Å². The predicted octanol–water partition coefficient (Wildman–Crippen LogP) is 0.467. The normalized spacial score (nSPS) is 20.5. The third-order valence-electron chi connectivity index (χ3n) is 2.91. The van der Waals surface area contributed by atoms with E-state index in [4.69, 9.17) is 9.84 Å². The number of rotatable bonds is 6. The summed E-state index contributed by atoms with van der Waals surface area (Å²) in [4.78, 5) is 24.1. The first kappa shape index (κ1) is 15.9. The van der Waals surface area contributed by atoms with Crippen molar-refractivity contribution in [1.82, 2.24) is 10.2 Å². The number of esters is 1. The molecule has 0 amide bonds. The average Bonchev–Trinajstić information content (AvgIpc) is 2.62. The Morgan fingerprint density at radius 3 is 2.68 bits per heavy atom. The van der Waals surface area contributed by atoms with Crippen LogP contribution in [0.4, 0.5) is 0 Å². The van der Waals surface area contributed by atoms with Crippen molar-refractivity contribution in [3.63, 3.8) is 0 Å². The first-order valence-electron chi connectivity index (χ1n) is 6.66. The summed E-state index contributed by atoms with van der Waals surface area (Å²) in [6, 6.07) is 0.193. The smallest absolute Gasteiger partial charge is 0.320 e.